The predicted octanol–water partition coefficient (Wildman–Crippen LogP) is 0.459. The zero-order chi connectivity index (χ0) is 17.6. The van der Waals surface area contributed by atoms with Gasteiger partial charge < -0.3 is 25.8 Å². The number of aromatic hydroxyl groups is 1. The summed E-state index contributed by atoms with van der Waals surface area (Å²) in [7, 11) is 3.09. The minimum Gasteiger partial charge on any atom is -0.504 e. The summed E-state index contributed by atoms with van der Waals surface area (Å²) < 4.78 is 4.97. The molecule has 128 valence electrons. The van der Waals surface area contributed by atoms with E-state index in [9.17, 15) is 14.7 Å². The molecule has 1 rings (SSSR count). The van der Waals surface area contributed by atoms with E-state index in [1.54, 1.807) is 19.2 Å². The van der Waals surface area contributed by atoms with E-state index in [0.717, 1.165) is 5.56 Å². The number of nitrogens with one attached hydrogen (secondary N) is 1. The molecule has 1 atom stereocenters. The minimum atomic E-state index is -0.633. The van der Waals surface area contributed by atoms with Crippen molar-refractivity contribution in [1.29, 1.82) is 0 Å². The number of carbonyl (C=O) groups is 2. The number of rotatable bonds is 7. The molecule has 0 fully saturated rings. The van der Waals surface area contributed by atoms with Gasteiger partial charge in [-0.15, -0.1) is 0 Å². The lowest BCUT2D eigenvalue weighted by molar-refractivity contribution is -0.132. The summed E-state index contributed by atoms with van der Waals surface area (Å²) in [6.07, 6.45) is 0. The summed E-state index contributed by atoms with van der Waals surface area (Å²) in [4.78, 5) is 25.2. The average molecular weight is 323 g/mol. The minimum absolute atomic E-state index is 0.00473. The maximum atomic E-state index is 12.0. The number of methoxy groups -OCH3 is 1. The van der Waals surface area contributed by atoms with E-state index in [0.29, 0.717) is 12.3 Å². The highest BCUT2D eigenvalue weighted by Gasteiger charge is 2.18. The number of phenols is 1. The lowest BCUT2D eigenvalue weighted by Gasteiger charge is -2.20. The number of hydrogen-bond acceptors (Lipinski definition) is 5. The van der Waals surface area contributed by atoms with Crippen molar-refractivity contribution in [3.8, 4) is 11.5 Å². The molecule has 0 spiro atoms. The normalized spacial score (nSPS) is 11.9. The van der Waals surface area contributed by atoms with Crippen molar-refractivity contribution in [2.45, 2.75) is 26.4 Å². The largest absolute Gasteiger partial charge is 0.504 e. The number of likely N-dealkylation sites (N-methyl/N-ethyl adjacent to an activating group) is 1. The van der Waals surface area contributed by atoms with E-state index in [1.165, 1.54) is 18.1 Å². The molecule has 0 aliphatic carbocycles. The smallest absolute Gasteiger partial charge is 0.242 e. The number of amides is 2. The number of hydrogen-bond donors (Lipinski definition) is 3. The molecule has 0 aliphatic rings. The van der Waals surface area contributed by atoms with Crippen LogP contribution >= 0.6 is 0 Å². The Labute approximate surface area is 136 Å². The van der Waals surface area contributed by atoms with Gasteiger partial charge in [0.15, 0.2) is 11.5 Å². The van der Waals surface area contributed by atoms with Crippen LogP contribution in [0.2, 0.25) is 0 Å². The van der Waals surface area contributed by atoms with Crippen molar-refractivity contribution < 1.29 is 19.4 Å². The third kappa shape index (κ3) is 5.45. The van der Waals surface area contributed by atoms with Crippen molar-refractivity contribution in [3.05, 3.63) is 23.8 Å². The van der Waals surface area contributed by atoms with Gasteiger partial charge in [-0.2, -0.15) is 0 Å². The van der Waals surface area contributed by atoms with Gasteiger partial charge in [-0.3, -0.25) is 9.59 Å². The van der Waals surface area contributed by atoms with Gasteiger partial charge in [-0.25, -0.2) is 0 Å². The third-order valence-corrected chi connectivity index (χ3v) is 3.52. The van der Waals surface area contributed by atoms with Crippen molar-refractivity contribution in [1.82, 2.24) is 10.2 Å². The average Bonchev–Trinajstić information content (AvgIpc) is 2.51. The number of ether oxygens (including phenoxy) is 1. The number of benzene rings is 1. The molecule has 0 unspecified atom stereocenters. The van der Waals surface area contributed by atoms with Crippen LogP contribution in [-0.4, -0.2) is 48.6 Å². The molecule has 23 heavy (non-hydrogen) atoms. The molecule has 0 bridgehead atoms. The summed E-state index contributed by atoms with van der Waals surface area (Å²) in [5.41, 5.74) is 6.47. The first-order chi connectivity index (χ1) is 10.8. The first-order valence-electron chi connectivity index (χ1n) is 7.39. The second-order valence-electron chi connectivity index (χ2n) is 5.74. The zero-order valence-corrected chi connectivity index (χ0v) is 14.0. The van der Waals surface area contributed by atoms with Crippen LogP contribution in [0.15, 0.2) is 18.2 Å². The highest BCUT2D eigenvalue weighted by atomic mass is 16.5. The first-order valence-corrected chi connectivity index (χ1v) is 7.39. The van der Waals surface area contributed by atoms with Gasteiger partial charge in [-0.05, 0) is 23.6 Å². The topological polar surface area (TPSA) is 105 Å². The monoisotopic (exact) mass is 323 g/mol. The van der Waals surface area contributed by atoms with Crippen molar-refractivity contribution in [2.24, 2.45) is 11.7 Å². The molecule has 0 saturated carbocycles. The van der Waals surface area contributed by atoms with Gasteiger partial charge in [-0.1, -0.05) is 19.9 Å². The molecular formula is C16H25N3O4. The summed E-state index contributed by atoms with van der Waals surface area (Å²) in [6, 6.07) is 4.30. The standard InChI is InChI=1S/C16H25N3O4/c1-10(2)15(17)16(22)18-8-14(21)19(3)9-11-5-6-13(23-4)12(20)7-11/h5-7,10,15,20H,8-9,17H2,1-4H3,(H,18,22)/t15-/m0/s1. The number of nitrogens with two attached hydrogens (primary N) is 1. The second-order valence-corrected chi connectivity index (χ2v) is 5.74. The zero-order valence-electron chi connectivity index (χ0n) is 14.0. The lowest BCUT2D eigenvalue weighted by atomic mass is 10.1. The van der Waals surface area contributed by atoms with E-state index in [4.69, 9.17) is 10.5 Å². The maximum absolute atomic E-state index is 12.0. The van der Waals surface area contributed by atoms with E-state index in [1.807, 2.05) is 13.8 Å². The molecule has 0 heterocycles. The van der Waals surface area contributed by atoms with Gasteiger partial charge >= 0.3 is 0 Å². The van der Waals surface area contributed by atoms with Crippen LogP contribution in [0.5, 0.6) is 11.5 Å². The second kappa shape index (κ2) is 8.38. The highest BCUT2D eigenvalue weighted by Crippen LogP contribution is 2.26. The first kappa shape index (κ1) is 18.8. The Balaban J connectivity index is 2.54. The van der Waals surface area contributed by atoms with Crippen LogP contribution in [0.3, 0.4) is 0 Å². The van der Waals surface area contributed by atoms with Crippen molar-refractivity contribution in [2.75, 3.05) is 20.7 Å². The SMILES string of the molecule is COc1ccc(CN(C)C(=O)CNC(=O)[C@@H](N)C(C)C)cc1O. The van der Waals surface area contributed by atoms with Gasteiger partial charge in [0.2, 0.25) is 11.8 Å². The Morgan fingerprint density at radius 2 is 2.04 bits per heavy atom. The number of phenolic OH excluding ortho intramolecular Hbond substituents is 1. The van der Waals surface area contributed by atoms with Crippen molar-refractivity contribution in [3.63, 3.8) is 0 Å². The van der Waals surface area contributed by atoms with Crippen LogP contribution < -0.4 is 15.8 Å². The number of nitrogens with zero attached hydrogens (tertiary/aromatic N) is 1. The van der Waals surface area contributed by atoms with Crippen LogP contribution in [0.4, 0.5) is 0 Å². The Bertz CT molecular complexity index is 560. The maximum Gasteiger partial charge on any atom is 0.242 e. The summed E-state index contributed by atoms with van der Waals surface area (Å²) >= 11 is 0. The van der Waals surface area contributed by atoms with Gasteiger partial charge in [0.05, 0.1) is 19.7 Å². The van der Waals surface area contributed by atoms with E-state index >= 15 is 0 Å². The molecule has 7 nitrogen and oxygen atoms in total. The van der Waals surface area contributed by atoms with Crippen LogP contribution in [-0.2, 0) is 16.1 Å². The summed E-state index contributed by atoms with van der Waals surface area (Å²) in [5, 5.41) is 12.3. The quantitative estimate of drug-likeness (QED) is 0.676. The van der Waals surface area contributed by atoms with Crippen LogP contribution in [0.25, 0.3) is 0 Å². The number of carbonyl (C=O) groups excluding carboxylic acids is 2. The highest BCUT2D eigenvalue weighted by molar-refractivity contribution is 5.87. The fourth-order valence-corrected chi connectivity index (χ4v) is 1.91. The van der Waals surface area contributed by atoms with Crippen molar-refractivity contribution >= 4 is 11.8 Å². The fourth-order valence-electron chi connectivity index (χ4n) is 1.91. The molecule has 1 aromatic carbocycles. The Morgan fingerprint density at radius 3 is 2.57 bits per heavy atom. The molecule has 0 saturated heterocycles. The molecule has 4 N–H and O–H groups in total. The molecular weight excluding hydrogens is 298 g/mol. The van der Waals surface area contributed by atoms with E-state index < -0.39 is 6.04 Å². The van der Waals surface area contributed by atoms with Gasteiger partial charge in [0.25, 0.3) is 0 Å². The Hall–Kier alpha value is -2.28. The Kier molecular flexibility index (Phi) is 6.84. The fraction of sp³-hybridized carbons (Fsp3) is 0.500. The third-order valence-electron chi connectivity index (χ3n) is 3.52. The molecule has 7 heteroatoms. The van der Waals surface area contributed by atoms with Gasteiger partial charge in [0, 0.05) is 13.6 Å². The van der Waals surface area contributed by atoms with E-state index in [-0.39, 0.29) is 30.0 Å². The lowest BCUT2D eigenvalue weighted by Crippen LogP contribution is -2.47. The van der Waals surface area contributed by atoms with E-state index in [2.05, 4.69) is 5.32 Å². The van der Waals surface area contributed by atoms with Crippen LogP contribution in [0.1, 0.15) is 19.4 Å². The van der Waals surface area contributed by atoms with Crippen LogP contribution in [0, 0.1) is 5.92 Å². The predicted molar refractivity (Wildman–Crippen MR) is 87.0 cm³/mol. The van der Waals surface area contributed by atoms with Gasteiger partial charge in [0.1, 0.15) is 0 Å². The molecule has 2 amide bonds. The molecule has 0 radical (unpaired) electrons. The molecule has 0 aliphatic heterocycles. The summed E-state index contributed by atoms with van der Waals surface area (Å²) in [5.74, 6) is -0.196. The molecule has 1 aromatic rings. The molecule has 0 aromatic heterocycles. The summed E-state index contributed by atoms with van der Waals surface area (Å²) in [6.45, 7) is 3.88. The Morgan fingerprint density at radius 1 is 1.39 bits per heavy atom.